The number of carbonyl (C=O) groups excluding carboxylic acids is 2. The number of ether oxygens (including phenoxy) is 1. The predicted octanol–water partition coefficient (Wildman–Crippen LogP) is 3.41. The maximum Gasteiger partial charge on any atom is 0.331 e. The lowest BCUT2D eigenvalue weighted by molar-refractivity contribution is -0.135. The third kappa shape index (κ3) is 7.76. The van der Waals surface area contributed by atoms with Gasteiger partial charge in [0.2, 0.25) is 0 Å². The van der Waals surface area contributed by atoms with Crippen molar-refractivity contribution in [2.75, 3.05) is 20.2 Å². The van der Waals surface area contributed by atoms with E-state index >= 15 is 0 Å². The molecule has 1 aliphatic heterocycles. The van der Waals surface area contributed by atoms with E-state index in [9.17, 15) is 9.59 Å². The first kappa shape index (κ1) is 23.8. The standard InChI is InChI=1S/C22H30N4O3S/c1-15(2)12-26(13-16(3)4)14-18-9-7-6-8-17(18)11-23-25-22-24-21(28)19(30-22)10-20(27)29-5/h6-11,15-16H,12-14H2,1-5H3,(H,24,25,28)/b19-10+,23-11?. The number of esters is 1. The van der Waals surface area contributed by atoms with Crippen molar-refractivity contribution < 1.29 is 14.3 Å². The molecule has 0 unspecified atom stereocenters. The average Bonchev–Trinajstić information content (AvgIpc) is 3.01. The zero-order valence-electron chi connectivity index (χ0n) is 18.2. The van der Waals surface area contributed by atoms with Gasteiger partial charge in [-0.1, -0.05) is 52.0 Å². The Balaban J connectivity index is 2.11. The molecule has 0 aliphatic carbocycles. The maximum atomic E-state index is 11.9. The van der Waals surface area contributed by atoms with Crippen molar-refractivity contribution in [1.82, 2.24) is 10.2 Å². The van der Waals surface area contributed by atoms with Crippen LogP contribution in [0.1, 0.15) is 38.8 Å². The quantitative estimate of drug-likeness (QED) is 0.281. The molecule has 1 fully saturated rings. The van der Waals surface area contributed by atoms with E-state index in [1.54, 1.807) is 6.21 Å². The Bertz CT molecular complexity index is 837. The van der Waals surface area contributed by atoms with Crippen LogP contribution in [-0.4, -0.2) is 48.4 Å². The van der Waals surface area contributed by atoms with E-state index < -0.39 is 11.9 Å². The highest BCUT2D eigenvalue weighted by Gasteiger charge is 2.25. The number of hydrogen-bond acceptors (Lipinski definition) is 7. The van der Waals surface area contributed by atoms with Gasteiger partial charge in [-0.25, -0.2) is 4.79 Å². The molecule has 1 heterocycles. The molecular formula is C22H30N4O3S. The molecule has 1 aromatic rings. The third-order valence-corrected chi connectivity index (χ3v) is 5.04. The summed E-state index contributed by atoms with van der Waals surface area (Å²) < 4.78 is 4.55. The van der Waals surface area contributed by atoms with Gasteiger partial charge in [0.25, 0.3) is 5.91 Å². The van der Waals surface area contributed by atoms with Crippen molar-refractivity contribution in [1.29, 1.82) is 0 Å². The summed E-state index contributed by atoms with van der Waals surface area (Å²) >= 11 is 1.05. The summed E-state index contributed by atoms with van der Waals surface area (Å²) in [6, 6.07) is 8.10. The fraction of sp³-hybridized carbons (Fsp3) is 0.455. The molecule has 0 aromatic heterocycles. The number of thioether (sulfide) groups is 1. The minimum Gasteiger partial charge on any atom is -0.466 e. The maximum absolute atomic E-state index is 11.9. The number of rotatable bonds is 9. The molecule has 2 rings (SSSR count). The molecule has 30 heavy (non-hydrogen) atoms. The van der Waals surface area contributed by atoms with E-state index in [1.165, 1.54) is 12.7 Å². The van der Waals surface area contributed by atoms with Crippen LogP contribution < -0.4 is 5.32 Å². The van der Waals surface area contributed by atoms with Crippen LogP contribution in [0.2, 0.25) is 0 Å². The van der Waals surface area contributed by atoms with Crippen molar-refractivity contribution in [3.05, 3.63) is 46.4 Å². The summed E-state index contributed by atoms with van der Waals surface area (Å²) in [5.41, 5.74) is 2.16. The van der Waals surface area contributed by atoms with Crippen LogP contribution >= 0.6 is 11.8 Å². The first-order valence-corrected chi connectivity index (χ1v) is 10.8. The molecule has 1 saturated heterocycles. The number of carbonyl (C=O) groups is 2. The summed E-state index contributed by atoms with van der Waals surface area (Å²) in [6.45, 7) is 11.8. The highest BCUT2D eigenvalue weighted by Crippen LogP contribution is 2.23. The molecule has 8 heteroatoms. The molecule has 0 saturated carbocycles. The van der Waals surface area contributed by atoms with E-state index in [2.05, 4.69) is 58.9 Å². The third-order valence-electron chi connectivity index (χ3n) is 4.14. The predicted molar refractivity (Wildman–Crippen MR) is 122 cm³/mol. The molecular weight excluding hydrogens is 400 g/mol. The molecule has 0 spiro atoms. The molecule has 0 bridgehead atoms. The number of benzene rings is 1. The Morgan fingerprint density at radius 2 is 1.87 bits per heavy atom. The van der Waals surface area contributed by atoms with E-state index in [0.717, 1.165) is 43.0 Å². The van der Waals surface area contributed by atoms with Crippen molar-refractivity contribution in [3.63, 3.8) is 0 Å². The van der Waals surface area contributed by atoms with Gasteiger partial charge in [-0.3, -0.25) is 15.0 Å². The number of nitrogens with one attached hydrogen (secondary N) is 1. The summed E-state index contributed by atoms with van der Waals surface area (Å²) in [4.78, 5) is 25.9. The smallest absolute Gasteiger partial charge is 0.331 e. The lowest BCUT2D eigenvalue weighted by Gasteiger charge is -2.26. The zero-order valence-corrected chi connectivity index (χ0v) is 19.0. The second kappa shape index (κ2) is 11.7. The van der Waals surface area contributed by atoms with Crippen LogP contribution in [0.25, 0.3) is 0 Å². The molecule has 0 atom stereocenters. The molecule has 0 radical (unpaired) electrons. The van der Waals surface area contributed by atoms with Crippen LogP contribution in [0.15, 0.2) is 45.4 Å². The first-order chi connectivity index (χ1) is 14.3. The van der Waals surface area contributed by atoms with Gasteiger partial charge in [0.1, 0.15) is 0 Å². The molecule has 1 amide bonds. The number of amidine groups is 1. The molecule has 1 N–H and O–H groups in total. The van der Waals surface area contributed by atoms with E-state index in [-0.39, 0.29) is 4.91 Å². The molecule has 1 aliphatic rings. The van der Waals surface area contributed by atoms with Gasteiger partial charge in [-0.2, -0.15) is 5.10 Å². The van der Waals surface area contributed by atoms with Crippen molar-refractivity contribution in [3.8, 4) is 0 Å². The summed E-state index contributed by atoms with van der Waals surface area (Å²) in [6.07, 6.45) is 2.83. The Morgan fingerprint density at radius 3 is 2.50 bits per heavy atom. The number of hydrogen-bond donors (Lipinski definition) is 1. The van der Waals surface area contributed by atoms with Gasteiger partial charge in [-0.15, -0.1) is 5.10 Å². The van der Waals surface area contributed by atoms with Gasteiger partial charge >= 0.3 is 5.97 Å². The van der Waals surface area contributed by atoms with Gasteiger partial charge < -0.3 is 4.74 Å². The van der Waals surface area contributed by atoms with Crippen molar-refractivity contribution in [2.45, 2.75) is 34.2 Å². The highest BCUT2D eigenvalue weighted by atomic mass is 32.2. The lowest BCUT2D eigenvalue weighted by Crippen LogP contribution is -2.31. The minimum absolute atomic E-state index is 0.231. The van der Waals surface area contributed by atoms with E-state index in [1.807, 2.05) is 18.2 Å². The molecule has 162 valence electrons. The normalized spacial score (nSPS) is 17.1. The fourth-order valence-corrected chi connectivity index (χ4v) is 3.80. The second-order valence-electron chi connectivity index (χ2n) is 7.92. The topological polar surface area (TPSA) is 83.4 Å². The first-order valence-electron chi connectivity index (χ1n) is 9.98. The van der Waals surface area contributed by atoms with Crippen molar-refractivity contribution in [2.24, 2.45) is 22.0 Å². The molecule has 7 nitrogen and oxygen atoms in total. The van der Waals surface area contributed by atoms with Crippen LogP contribution in [0.3, 0.4) is 0 Å². The van der Waals surface area contributed by atoms with Gasteiger partial charge in [-0.05, 0) is 34.7 Å². The van der Waals surface area contributed by atoms with Gasteiger partial charge in [0, 0.05) is 25.7 Å². The van der Waals surface area contributed by atoms with Gasteiger partial charge in [0.15, 0.2) is 5.17 Å². The van der Waals surface area contributed by atoms with Crippen LogP contribution in [0.5, 0.6) is 0 Å². The summed E-state index contributed by atoms with van der Waals surface area (Å²) in [7, 11) is 1.26. The fourth-order valence-electron chi connectivity index (χ4n) is 3.07. The summed E-state index contributed by atoms with van der Waals surface area (Å²) in [5.74, 6) is 0.203. The zero-order chi connectivity index (χ0) is 22.1. The van der Waals surface area contributed by atoms with Crippen LogP contribution in [0, 0.1) is 11.8 Å². The monoisotopic (exact) mass is 430 g/mol. The highest BCUT2D eigenvalue weighted by molar-refractivity contribution is 8.18. The average molecular weight is 431 g/mol. The SMILES string of the molecule is COC(=O)/C=C1/S/C(=N\N=Cc2ccccc2CN(CC(C)C)CC(C)C)NC1=O. The Kier molecular flexibility index (Phi) is 9.26. The Labute approximate surface area is 182 Å². The lowest BCUT2D eigenvalue weighted by atomic mass is 10.1. The van der Waals surface area contributed by atoms with E-state index in [0.29, 0.717) is 17.0 Å². The number of amides is 1. The van der Waals surface area contributed by atoms with E-state index in [4.69, 9.17) is 0 Å². The number of methoxy groups -OCH3 is 1. The van der Waals surface area contributed by atoms with Crippen LogP contribution in [-0.2, 0) is 20.9 Å². The number of nitrogens with zero attached hydrogens (tertiary/aromatic N) is 3. The largest absolute Gasteiger partial charge is 0.466 e. The molecule has 1 aromatic carbocycles. The second-order valence-corrected chi connectivity index (χ2v) is 8.95. The van der Waals surface area contributed by atoms with Crippen molar-refractivity contribution >= 4 is 35.0 Å². The summed E-state index contributed by atoms with van der Waals surface area (Å²) in [5, 5.41) is 11.1. The Hall–Kier alpha value is -2.45. The van der Waals surface area contributed by atoms with Crippen LogP contribution in [0.4, 0.5) is 0 Å². The minimum atomic E-state index is -0.585. The Morgan fingerprint density at radius 1 is 1.20 bits per heavy atom. The van der Waals surface area contributed by atoms with Gasteiger partial charge in [0.05, 0.1) is 18.2 Å².